The maximum Gasteiger partial charge on any atom is 0.125 e. The van der Waals surface area contributed by atoms with Gasteiger partial charge in [-0.25, -0.2) is 4.98 Å². The van der Waals surface area contributed by atoms with Gasteiger partial charge in [0.2, 0.25) is 0 Å². The van der Waals surface area contributed by atoms with Gasteiger partial charge in [0, 0.05) is 12.7 Å². The fourth-order valence-corrected chi connectivity index (χ4v) is 1.63. The van der Waals surface area contributed by atoms with E-state index in [2.05, 4.69) is 10.3 Å². The molecule has 88 valence electrons. The zero-order chi connectivity index (χ0) is 12.1. The number of nitrogens with zero attached hydrogens (tertiary/aromatic N) is 1. The molecular formula is C14H16N2O. The third-order valence-electron chi connectivity index (χ3n) is 2.67. The molecule has 17 heavy (non-hydrogen) atoms. The van der Waals surface area contributed by atoms with E-state index >= 15 is 0 Å². The van der Waals surface area contributed by atoms with E-state index in [-0.39, 0.29) is 0 Å². The molecule has 1 aromatic carbocycles. The normalized spacial score (nSPS) is 14.0. The highest BCUT2D eigenvalue weighted by Gasteiger charge is 2.22. The van der Waals surface area contributed by atoms with Crippen LogP contribution < -0.4 is 5.32 Å². The van der Waals surface area contributed by atoms with E-state index in [1.807, 2.05) is 48.5 Å². The Morgan fingerprint density at radius 2 is 1.82 bits per heavy atom. The van der Waals surface area contributed by atoms with Crippen LogP contribution in [0.25, 0.3) is 0 Å². The summed E-state index contributed by atoms with van der Waals surface area (Å²) in [6.07, 6.45) is 1.72. The van der Waals surface area contributed by atoms with Crippen LogP contribution in [0.2, 0.25) is 0 Å². The molecule has 0 aliphatic carbocycles. The van der Waals surface area contributed by atoms with Crippen molar-refractivity contribution in [3.8, 4) is 0 Å². The summed E-state index contributed by atoms with van der Waals surface area (Å²) < 4.78 is 0. The van der Waals surface area contributed by atoms with Crippen LogP contribution in [0.5, 0.6) is 0 Å². The van der Waals surface area contributed by atoms with E-state index in [4.69, 9.17) is 0 Å². The monoisotopic (exact) mass is 228 g/mol. The van der Waals surface area contributed by atoms with Crippen LogP contribution in [0.1, 0.15) is 12.5 Å². The van der Waals surface area contributed by atoms with Gasteiger partial charge >= 0.3 is 0 Å². The van der Waals surface area contributed by atoms with Crippen LogP contribution in [-0.4, -0.2) is 16.6 Å². The first-order valence-electron chi connectivity index (χ1n) is 5.61. The molecule has 0 fully saturated rings. The first-order valence-corrected chi connectivity index (χ1v) is 5.61. The Morgan fingerprint density at radius 3 is 2.47 bits per heavy atom. The first-order chi connectivity index (χ1) is 8.18. The molecule has 0 aliphatic rings. The van der Waals surface area contributed by atoms with Crippen molar-refractivity contribution in [3.05, 3.63) is 60.3 Å². The molecule has 3 heteroatoms. The Kier molecular flexibility index (Phi) is 3.40. The van der Waals surface area contributed by atoms with Crippen LogP contribution in [0, 0.1) is 0 Å². The second kappa shape index (κ2) is 4.97. The number of hydrogen-bond acceptors (Lipinski definition) is 3. The number of aromatic nitrogens is 1. The lowest BCUT2D eigenvalue weighted by Gasteiger charge is -2.24. The predicted octanol–water partition coefficient (Wildman–Crippen LogP) is 2.40. The minimum absolute atomic E-state index is 0.425. The lowest BCUT2D eigenvalue weighted by atomic mass is 9.96. The summed E-state index contributed by atoms with van der Waals surface area (Å²) in [5.41, 5.74) is -0.0119. The molecule has 0 spiro atoms. The van der Waals surface area contributed by atoms with E-state index < -0.39 is 5.60 Å². The minimum Gasteiger partial charge on any atom is -0.384 e. The molecular weight excluding hydrogens is 212 g/mol. The summed E-state index contributed by atoms with van der Waals surface area (Å²) >= 11 is 0. The molecule has 0 saturated heterocycles. The molecule has 0 saturated carbocycles. The number of hydrogen-bond donors (Lipinski definition) is 2. The van der Waals surface area contributed by atoms with Crippen LogP contribution in [0.15, 0.2) is 54.7 Å². The third kappa shape index (κ3) is 3.04. The Labute approximate surface area is 101 Å². The summed E-state index contributed by atoms with van der Waals surface area (Å²) in [6, 6.07) is 15.3. The van der Waals surface area contributed by atoms with Gasteiger partial charge in [0.25, 0.3) is 0 Å². The van der Waals surface area contributed by atoms with Crippen molar-refractivity contribution in [2.75, 3.05) is 11.9 Å². The van der Waals surface area contributed by atoms with Gasteiger partial charge in [0.1, 0.15) is 11.4 Å². The van der Waals surface area contributed by atoms with Gasteiger partial charge in [-0.2, -0.15) is 0 Å². The van der Waals surface area contributed by atoms with Crippen molar-refractivity contribution in [3.63, 3.8) is 0 Å². The van der Waals surface area contributed by atoms with Crippen LogP contribution >= 0.6 is 0 Å². The van der Waals surface area contributed by atoms with Crippen molar-refractivity contribution < 1.29 is 5.11 Å². The smallest absolute Gasteiger partial charge is 0.125 e. The molecule has 0 amide bonds. The molecule has 0 unspecified atom stereocenters. The van der Waals surface area contributed by atoms with Crippen LogP contribution in [-0.2, 0) is 5.60 Å². The van der Waals surface area contributed by atoms with Gasteiger partial charge < -0.3 is 10.4 Å². The summed E-state index contributed by atoms with van der Waals surface area (Å²) in [4.78, 5) is 4.15. The molecule has 3 nitrogen and oxygen atoms in total. The van der Waals surface area contributed by atoms with E-state index in [1.165, 1.54) is 0 Å². The second-order valence-electron chi connectivity index (χ2n) is 4.21. The van der Waals surface area contributed by atoms with E-state index in [0.29, 0.717) is 6.54 Å². The number of nitrogens with one attached hydrogen (secondary N) is 1. The molecule has 0 radical (unpaired) electrons. The SMILES string of the molecule is C[C@](O)(CNc1ccccn1)c1ccccc1. The van der Waals surface area contributed by atoms with Crippen molar-refractivity contribution in [2.24, 2.45) is 0 Å². The van der Waals surface area contributed by atoms with E-state index in [9.17, 15) is 5.11 Å². The molecule has 0 aliphatic heterocycles. The van der Waals surface area contributed by atoms with Gasteiger partial charge in [-0.3, -0.25) is 0 Å². The summed E-state index contributed by atoms with van der Waals surface area (Å²) in [5.74, 6) is 0.767. The van der Waals surface area contributed by atoms with E-state index in [1.54, 1.807) is 13.1 Å². The second-order valence-corrected chi connectivity index (χ2v) is 4.21. The maximum absolute atomic E-state index is 10.4. The molecule has 1 aromatic heterocycles. The fourth-order valence-electron chi connectivity index (χ4n) is 1.63. The maximum atomic E-state index is 10.4. The molecule has 2 rings (SSSR count). The third-order valence-corrected chi connectivity index (χ3v) is 2.67. The topological polar surface area (TPSA) is 45.1 Å². The van der Waals surface area contributed by atoms with E-state index in [0.717, 1.165) is 11.4 Å². The van der Waals surface area contributed by atoms with Crippen LogP contribution in [0.4, 0.5) is 5.82 Å². The van der Waals surface area contributed by atoms with Crippen molar-refractivity contribution >= 4 is 5.82 Å². The molecule has 1 heterocycles. The van der Waals surface area contributed by atoms with Gasteiger partial charge in [-0.05, 0) is 24.6 Å². The highest BCUT2D eigenvalue weighted by atomic mass is 16.3. The standard InChI is InChI=1S/C14H16N2O/c1-14(17,12-7-3-2-4-8-12)11-16-13-9-5-6-10-15-13/h2-10,17H,11H2,1H3,(H,15,16)/t14-/m0/s1. The van der Waals surface area contributed by atoms with Gasteiger partial charge in [0.15, 0.2) is 0 Å². The van der Waals surface area contributed by atoms with Crippen LogP contribution in [0.3, 0.4) is 0 Å². The number of anilines is 1. The Morgan fingerprint density at radius 1 is 1.12 bits per heavy atom. The lowest BCUT2D eigenvalue weighted by Crippen LogP contribution is -2.30. The summed E-state index contributed by atoms with van der Waals surface area (Å²) in [5, 5.41) is 13.5. The molecule has 1 atom stereocenters. The Hall–Kier alpha value is -1.87. The number of rotatable bonds is 4. The number of pyridine rings is 1. The number of benzene rings is 1. The average Bonchev–Trinajstić information content (AvgIpc) is 2.39. The van der Waals surface area contributed by atoms with Crippen molar-refractivity contribution in [2.45, 2.75) is 12.5 Å². The minimum atomic E-state index is -0.904. The lowest BCUT2D eigenvalue weighted by molar-refractivity contribution is 0.0714. The molecule has 2 N–H and O–H groups in total. The highest BCUT2D eigenvalue weighted by molar-refractivity contribution is 5.35. The Balaban J connectivity index is 2.03. The zero-order valence-electron chi connectivity index (χ0n) is 9.80. The first kappa shape index (κ1) is 11.6. The molecule has 0 bridgehead atoms. The highest BCUT2D eigenvalue weighted by Crippen LogP contribution is 2.20. The molecule has 2 aromatic rings. The summed E-state index contributed by atoms with van der Waals surface area (Å²) in [6.45, 7) is 2.21. The largest absolute Gasteiger partial charge is 0.384 e. The van der Waals surface area contributed by atoms with Crippen molar-refractivity contribution in [1.82, 2.24) is 4.98 Å². The average molecular weight is 228 g/mol. The zero-order valence-corrected chi connectivity index (χ0v) is 9.80. The predicted molar refractivity (Wildman–Crippen MR) is 68.7 cm³/mol. The quantitative estimate of drug-likeness (QED) is 0.844. The van der Waals surface area contributed by atoms with Gasteiger partial charge in [-0.15, -0.1) is 0 Å². The van der Waals surface area contributed by atoms with Crippen molar-refractivity contribution in [1.29, 1.82) is 0 Å². The Bertz CT molecular complexity index is 454. The fraction of sp³-hybridized carbons (Fsp3) is 0.214. The van der Waals surface area contributed by atoms with Gasteiger partial charge in [0.05, 0.1) is 0 Å². The van der Waals surface area contributed by atoms with Gasteiger partial charge in [-0.1, -0.05) is 36.4 Å². The number of aliphatic hydroxyl groups is 1. The summed E-state index contributed by atoms with van der Waals surface area (Å²) in [7, 11) is 0.